The number of ether oxygens (including phenoxy) is 1. The number of carbonyl (C=O) groups is 3. The number of carbonyl (C=O) groups excluding carboxylic acids is 2. The molecule has 0 aromatic heterocycles. The number of carboxylic acids is 1. The van der Waals surface area contributed by atoms with E-state index in [2.05, 4.69) is 10.6 Å². The zero-order valence-corrected chi connectivity index (χ0v) is 19.1. The number of alkyl carbamates (subject to hydrolysis) is 1. The molecule has 0 saturated carbocycles. The largest absolute Gasteiger partial charge is 0.481 e. The van der Waals surface area contributed by atoms with Gasteiger partial charge in [0.1, 0.15) is 12.6 Å². The van der Waals surface area contributed by atoms with Crippen molar-refractivity contribution in [2.75, 3.05) is 11.9 Å². The summed E-state index contributed by atoms with van der Waals surface area (Å²) >= 11 is 6.08. The molecule has 3 aromatic carbocycles. The monoisotopic (exact) mass is 489 g/mol. The van der Waals surface area contributed by atoms with Gasteiger partial charge in [-0.2, -0.15) is 5.26 Å². The number of halogens is 1. The molecule has 2 amide bonds. The summed E-state index contributed by atoms with van der Waals surface area (Å²) in [6.07, 6.45) is -1.58. The lowest BCUT2D eigenvalue weighted by Crippen LogP contribution is -2.45. The third-order valence-corrected chi connectivity index (χ3v) is 6.00. The highest BCUT2D eigenvalue weighted by atomic mass is 35.5. The van der Waals surface area contributed by atoms with Crippen LogP contribution in [0.2, 0.25) is 5.02 Å². The van der Waals surface area contributed by atoms with E-state index >= 15 is 0 Å². The molecule has 0 aliphatic heterocycles. The van der Waals surface area contributed by atoms with Crippen molar-refractivity contribution in [3.05, 3.63) is 88.4 Å². The zero-order chi connectivity index (χ0) is 24.9. The fraction of sp³-hybridized carbons (Fsp3) is 0.154. The van der Waals surface area contributed by atoms with Gasteiger partial charge in [0.15, 0.2) is 0 Å². The number of anilines is 1. The number of aliphatic carboxylic acids is 1. The molecule has 0 heterocycles. The van der Waals surface area contributed by atoms with Gasteiger partial charge in [-0.1, -0.05) is 60.1 Å². The average molecular weight is 490 g/mol. The van der Waals surface area contributed by atoms with Crippen LogP contribution in [-0.2, 0) is 14.3 Å². The molecule has 0 radical (unpaired) electrons. The number of nitrogens with zero attached hydrogens (tertiary/aromatic N) is 1. The third kappa shape index (κ3) is 5.26. The van der Waals surface area contributed by atoms with Gasteiger partial charge in [0.05, 0.1) is 28.8 Å². The van der Waals surface area contributed by atoms with E-state index in [0.29, 0.717) is 5.56 Å². The second-order valence-corrected chi connectivity index (χ2v) is 8.32. The Labute approximate surface area is 206 Å². The number of nitriles is 1. The number of rotatable bonds is 7. The lowest BCUT2D eigenvalue weighted by atomic mass is 9.98. The van der Waals surface area contributed by atoms with Gasteiger partial charge in [-0.3, -0.25) is 9.59 Å². The lowest BCUT2D eigenvalue weighted by molar-refractivity contribution is -0.139. The van der Waals surface area contributed by atoms with E-state index in [1.165, 1.54) is 18.2 Å². The summed E-state index contributed by atoms with van der Waals surface area (Å²) in [5, 5.41) is 23.1. The Kier molecular flexibility index (Phi) is 6.99. The highest BCUT2D eigenvalue weighted by Crippen LogP contribution is 2.44. The zero-order valence-electron chi connectivity index (χ0n) is 18.3. The van der Waals surface area contributed by atoms with Crippen LogP contribution in [0.4, 0.5) is 10.5 Å². The van der Waals surface area contributed by atoms with Gasteiger partial charge in [-0.05, 0) is 40.5 Å². The van der Waals surface area contributed by atoms with E-state index in [1.807, 2.05) is 54.6 Å². The van der Waals surface area contributed by atoms with Gasteiger partial charge in [0.2, 0.25) is 5.91 Å². The maximum absolute atomic E-state index is 12.7. The van der Waals surface area contributed by atoms with E-state index in [9.17, 15) is 19.5 Å². The summed E-state index contributed by atoms with van der Waals surface area (Å²) in [4.78, 5) is 36.6. The van der Waals surface area contributed by atoms with Crippen molar-refractivity contribution in [2.45, 2.75) is 18.4 Å². The first-order valence-corrected chi connectivity index (χ1v) is 11.1. The van der Waals surface area contributed by atoms with Gasteiger partial charge in [0, 0.05) is 5.92 Å². The molecule has 0 bridgehead atoms. The van der Waals surface area contributed by atoms with Crippen LogP contribution in [0.5, 0.6) is 0 Å². The van der Waals surface area contributed by atoms with Crippen molar-refractivity contribution in [1.29, 1.82) is 5.26 Å². The predicted molar refractivity (Wildman–Crippen MR) is 129 cm³/mol. The maximum Gasteiger partial charge on any atom is 0.407 e. The first kappa shape index (κ1) is 23.8. The number of benzene rings is 3. The Morgan fingerprint density at radius 2 is 1.66 bits per heavy atom. The Balaban J connectivity index is 1.43. The van der Waals surface area contributed by atoms with Gasteiger partial charge in [-0.25, -0.2) is 4.79 Å². The predicted octanol–water partition coefficient (Wildman–Crippen LogP) is 4.53. The molecule has 0 spiro atoms. The van der Waals surface area contributed by atoms with E-state index in [0.717, 1.165) is 22.3 Å². The standard InChI is InChI=1S/C26H20ClN3O5/c27-21-11-15(13-28)9-10-22(21)29-25(33)23(12-24(31)32)30-26(34)35-14-20-18-7-3-1-5-16(18)17-6-2-4-8-19(17)20/h1-11,20,23H,12,14H2,(H,29,33)(H,30,34)(H,31,32). The van der Waals surface area contributed by atoms with Gasteiger partial charge >= 0.3 is 12.1 Å². The Hall–Kier alpha value is -4.35. The summed E-state index contributed by atoms with van der Waals surface area (Å²) in [6.45, 7) is 0.0166. The fourth-order valence-corrected chi connectivity index (χ4v) is 4.30. The minimum absolute atomic E-state index is 0.0166. The topological polar surface area (TPSA) is 129 Å². The van der Waals surface area contributed by atoms with Crippen LogP contribution in [0.15, 0.2) is 66.7 Å². The molecular weight excluding hydrogens is 470 g/mol. The highest BCUT2D eigenvalue weighted by molar-refractivity contribution is 6.33. The van der Waals surface area contributed by atoms with E-state index in [-0.39, 0.29) is 23.2 Å². The Bertz CT molecular complexity index is 1310. The Morgan fingerprint density at radius 1 is 1.03 bits per heavy atom. The van der Waals surface area contributed by atoms with E-state index in [4.69, 9.17) is 21.6 Å². The number of carboxylic acid groups (broad SMARTS) is 1. The number of nitrogens with one attached hydrogen (secondary N) is 2. The molecule has 3 N–H and O–H groups in total. The number of fused-ring (bicyclic) bond motifs is 3. The lowest BCUT2D eigenvalue weighted by Gasteiger charge is -2.19. The number of hydrogen-bond donors (Lipinski definition) is 3. The fourth-order valence-electron chi connectivity index (χ4n) is 4.07. The molecule has 4 rings (SSSR count). The SMILES string of the molecule is N#Cc1ccc(NC(=O)C(CC(=O)O)NC(=O)OCC2c3ccccc3-c3ccccc32)c(Cl)c1. The van der Waals surface area contributed by atoms with Gasteiger partial charge < -0.3 is 20.5 Å². The summed E-state index contributed by atoms with van der Waals surface area (Å²) in [6, 6.07) is 20.4. The van der Waals surface area contributed by atoms with Crippen molar-refractivity contribution in [3.8, 4) is 17.2 Å². The van der Waals surface area contributed by atoms with Crippen molar-refractivity contribution in [3.63, 3.8) is 0 Å². The van der Waals surface area contributed by atoms with Crippen molar-refractivity contribution in [1.82, 2.24) is 5.32 Å². The Morgan fingerprint density at radius 3 is 2.23 bits per heavy atom. The summed E-state index contributed by atoms with van der Waals surface area (Å²) in [7, 11) is 0. The highest BCUT2D eigenvalue weighted by Gasteiger charge is 2.30. The number of hydrogen-bond acceptors (Lipinski definition) is 5. The van der Waals surface area contributed by atoms with Crippen LogP contribution < -0.4 is 10.6 Å². The maximum atomic E-state index is 12.7. The third-order valence-electron chi connectivity index (χ3n) is 5.69. The molecule has 0 fully saturated rings. The molecule has 0 saturated heterocycles. The van der Waals surface area contributed by atoms with Gasteiger partial charge in [0.25, 0.3) is 0 Å². The average Bonchev–Trinajstić information content (AvgIpc) is 3.17. The molecular formula is C26H20ClN3O5. The number of amides is 2. The summed E-state index contributed by atoms with van der Waals surface area (Å²) < 4.78 is 5.42. The van der Waals surface area contributed by atoms with Crippen LogP contribution in [-0.4, -0.2) is 35.7 Å². The molecule has 3 aromatic rings. The quantitative estimate of drug-likeness (QED) is 0.447. The van der Waals surface area contributed by atoms with Crippen LogP contribution in [0.3, 0.4) is 0 Å². The minimum Gasteiger partial charge on any atom is -0.481 e. The van der Waals surface area contributed by atoms with Gasteiger partial charge in [-0.15, -0.1) is 0 Å². The first-order valence-electron chi connectivity index (χ1n) is 10.7. The van der Waals surface area contributed by atoms with Crippen molar-refractivity contribution in [2.24, 2.45) is 0 Å². The van der Waals surface area contributed by atoms with Crippen LogP contribution in [0.1, 0.15) is 29.0 Å². The van der Waals surface area contributed by atoms with Crippen molar-refractivity contribution < 1.29 is 24.2 Å². The second kappa shape index (κ2) is 10.3. The van der Waals surface area contributed by atoms with E-state index in [1.54, 1.807) is 0 Å². The molecule has 1 atom stereocenters. The minimum atomic E-state index is -1.41. The van der Waals surface area contributed by atoms with Crippen LogP contribution in [0, 0.1) is 11.3 Å². The molecule has 9 heteroatoms. The second-order valence-electron chi connectivity index (χ2n) is 7.92. The van der Waals surface area contributed by atoms with Crippen molar-refractivity contribution >= 4 is 35.3 Å². The van der Waals surface area contributed by atoms with E-state index < -0.39 is 30.4 Å². The molecule has 1 unspecified atom stereocenters. The molecule has 1 aliphatic rings. The summed E-state index contributed by atoms with van der Waals surface area (Å²) in [5.74, 6) is -2.25. The molecule has 1 aliphatic carbocycles. The normalized spacial score (nSPS) is 12.6. The smallest absolute Gasteiger partial charge is 0.407 e. The molecule has 176 valence electrons. The first-order chi connectivity index (χ1) is 16.9. The summed E-state index contributed by atoms with van der Waals surface area (Å²) in [5.41, 5.74) is 4.67. The molecule has 8 nitrogen and oxygen atoms in total. The van der Waals surface area contributed by atoms with Crippen LogP contribution in [0.25, 0.3) is 11.1 Å². The molecule has 35 heavy (non-hydrogen) atoms. The van der Waals surface area contributed by atoms with Crippen LogP contribution >= 0.6 is 11.6 Å².